The molecule has 202 valence electrons. The lowest BCUT2D eigenvalue weighted by Gasteiger charge is -2.24. The van der Waals surface area contributed by atoms with Crippen molar-refractivity contribution in [1.29, 1.82) is 0 Å². The number of halogens is 1. The average Bonchev–Trinajstić information content (AvgIpc) is 3.35. The zero-order valence-electron chi connectivity index (χ0n) is 20.3. The molecule has 0 aliphatic rings. The molecular weight excluding hydrogens is 560 g/mol. The minimum absolute atomic E-state index is 0.0233. The highest BCUT2D eigenvalue weighted by molar-refractivity contribution is 7.86. The number of hydrogen-bond acceptors (Lipinski definition) is 9. The zero-order valence-corrected chi connectivity index (χ0v) is 22.6. The molecule has 0 radical (unpaired) electrons. The van der Waals surface area contributed by atoms with Crippen molar-refractivity contribution >= 4 is 48.4 Å². The Morgan fingerprint density at radius 3 is 1.87 bits per heavy atom. The van der Waals surface area contributed by atoms with Crippen LogP contribution in [0.4, 0.5) is 0 Å². The normalized spacial score (nSPS) is 12.9. The maximum Gasteiger partial charge on any atom is 0.295 e. The fourth-order valence-corrected chi connectivity index (χ4v) is 4.78. The van der Waals surface area contributed by atoms with Crippen LogP contribution < -0.4 is 4.74 Å². The van der Waals surface area contributed by atoms with Gasteiger partial charge in [0.05, 0.1) is 0 Å². The number of ether oxygens (including phenoxy) is 1. The fourth-order valence-electron chi connectivity index (χ4n) is 3.21. The molecule has 4 aromatic rings. The second-order valence-corrected chi connectivity index (χ2v) is 12.0. The van der Waals surface area contributed by atoms with Gasteiger partial charge >= 0.3 is 0 Å². The van der Waals surface area contributed by atoms with Crippen LogP contribution in [0.1, 0.15) is 27.0 Å². The van der Waals surface area contributed by atoms with Gasteiger partial charge in [-0.05, 0) is 18.2 Å². The predicted molar refractivity (Wildman–Crippen MR) is 137 cm³/mol. The van der Waals surface area contributed by atoms with E-state index >= 15 is 0 Å². The molecule has 2 N–H and O–H groups in total. The zero-order chi connectivity index (χ0) is 28.3. The molecule has 0 aliphatic carbocycles. The molecule has 0 spiro atoms. The lowest BCUT2D eigenvalue weighted by atomic mass is 9.90. The molecule has 0 saturated carbocycles. The number of pyridine rings is 1. The summed E-state index contributed by atoms with van der Waals surface area (Å²) in [5, 5.41) is 4.31. The first-order chi connectivity index (χ1) is 17.6. The van der Waals surface area contributed by atoms with E-state index in [1.165, 1.54) is 41.6 Å². The van der Waals surface area contributed by atoms with Crippen molar-refractivity contribution in [2.75, 3.05) is 0 Å². The standard InChI is InChI=1S/C13H15ClN4O2.C10H8O6S2/c1-13(2,3)11(19)12(18-8-15-7-16-18)20-10-6-4-5-9(14)17-10;11-17(12,13)9-5-1-3-7-8(9)4-2-6-10(7)18(14,15)16/h4-8,12H,1-3H3;1-6H,(H,11,12,13)(H,14,15,16). The van der Waals surface area contributed by atoms with E-state index in [0.717, 1.165) is 12.1 Å². The van der Waals surface area contributed by atoms with E-state index in [0.29, 0.717) is 5.15 Å². The summed E-state index contributed by atoms with van der Waals surface area (Å²) in [6, 6.07) is 12.5. The summed E-state index contributed by atoms with van der Waals surface area (Å²) in [7, 11) is -8.94. The summed E-state index contributed by atoms with van der Waals surface area (Å²) in [4.78, 5) is 19.5. The maximum absolute atomic E-state index is 12.5. The van der Waals surface area contributed by atoms with Crippen LogP contribution in [-0.2, 0) is 25.0 Å². The average molecular weight is 583 g/mol. The van der Waals surface area contributed by atoms with Crippen LogP contribution >= 0.6 is 11.6 Å². The summed E-state index contributed by atoms with van der Waals surface area (Å²) in [6.07, 6.45) is 1.85. The Hall–Kier alpha value is -3.43. The Morgan fingerprint density at radius 1 is 0.921 bits per heavy atom. The molecule has 0 amide bonds. The van der Waals surface area contributed by atoms with Crippen molar-refractivity contribution < 1.29 is 35.5 Å². The largest absolute Gasteiger partial charge is 0.444 e. The molecule has 0 fully saturated rings. The number of ketones is 1. The van der Waals surface area contributed by atoms with Crippen molar-refractivity contribution in [2.45, 2.75) is 36.8 Å². The van der Waals surface area contributed by atoms with Gasteiger partial charge in [-0.25, -0.2) is 14.6 Å². The number of aromatic nitrogens is 4. The van der Waals surface area contributed by atoms with E-state index < -0.39 is 41.7 Å². The first-order valence-electron chi connectivity index (χ1n) is 10.7. The topological polar surface area (TPSA) is 179 Å². The van der Waals surface area contributed by atoms with Gasteiger partial charge in [0.1, 0.15) is 27.6 Å². The number of carbonyl (C=O) groups is 1. The molecule has 15 heteroatoms. The van der Waals surface area contributed by atoms with Crippen molar-refractivity contribution in [1.82, 2.24) is 19.7 Å². The van der Waals surface area contributed by atoms with Gasteiger partial charge in [0.2, 0.25) is 11.7 Å². The number of Topliss-reactive ketones (excluding diaryl/α,β-unsaturated/α-hetero) is 1. The molecule has 12 nitrogen and oxygen atoms in total. The van der Waals surface area contributed by atoms with Crippen LogP contribution in [0.3, 0.4) is 0 Å². The Bertz CT molecular complexity index is 1600. The third kappa shape index (κ3) is 7.11. The number of hydrogen-bond donors (Lipinski definition) is 2. The molecule has 1 unspecified atom stereocenters. The highest BCUT2D eigenvalue weighted by atomic mass is 35.5. The smallest absolute Gasteiger partial charge is 0.295 e. The SMILES string of the molecule is CC(C)(C)C(=O)C(Oc1cccc(Cl)n1)n1cncn1.O=S(=O)(O)c1cccc2c(S(=O)(=O)O)cccc12. The summed E-state index contributed by atoms with van der Waals surface area (Å²) >= 11 is 5.81. The quantitative estimate of drug-likeness (QED) is 0.249. The number of rotatable bonds is 6. The lowest BCUT2D eigenvalue weighted by Crippen LogP contribution is -2.34. The van der Waals surface area contributed by atoms with Crippen LogP contribution in [0.5, 0.6) is 5.88 Å². The van der Waals surface area contributed by atoms with Gasteiger partial charge < -0.3 is 4.74 Å². The maximum atomic E-state index is 12.5. The molecule has 38 heavy (non-hydrogen) atoms. The van der Waals surface area contributed by atoms with Crippen molar-refractivity contribution in [3.05, 3.63) is 72.4 Å². The van der Waals surface area contributed by atoms with E-state index in [2.05, 4.69) is 15.1 Å². The predicted octanol–water partition coefficient (Wildman–Crippen LogP) is 3.85. The lowest BCUT2D eigenvalue weighted by molar-refractivity contribution is -0.138. The first-order valence-corrected chi connectivity index (χ1v) is 14.0. The molecule has 2 aromatic carbocycles. The summed E-state index contributed by atoms with van der Waals surface area (Å²) in [6.45, 7) is 5.44. The van der Waals surface area contributed by atoms with E-state index in [4.69, 9.17) is 25.4 Å². The monoisotopic (exact) mass is 582 g/mol. The van der Waals surface area contributed by atoms with Gasteiger partial charge in [-0.2, -0.15) is 21.9 Å². The second kappa shape index (κ2) is 11.1. The van der Waals surface area contributed by atoms with Gasteiger partial charge in [-0.15, -0.1) is 0 Å². The van der Waals surface area contributed by atoms with Crippen molar-refractivity contribution in [3.63, 3.8) is 0 Å². The number of carbonyl (C=O) groups excluding carboxylic acids is 1. The van der Waals surface area contributed by atoms with Crippen molar-refractivity contribution in [2.24, 2.45) is 5.41 Å². The van der Waals surface area contributed by atoms with Crippen LogP contribution in [0.25, 0.3) is 10.8 Å². The Labute approximate surface area is 223 Å². The molecule has 2 heterocycles. The van der Waals surface area contributed by atoms with Crippen LogP contribution in [0.2, 0.25) is 5.15 Å². The molecule has 0 aliphatic heterocycles. The third-order valence-electron chi connectivity index (χ3n) is 4.96. The van der Waals surface area contributed by atoms with Crippen LogP contribution in [0, 0.1) is 5.41 Å². The van der Waals surface area contributed by atoms with E-state index in [1.807, 2.05) is 20.8 Å². The molecule has 0 saturated heterocycles. The van der Waals surface area contributed by atoms with Gasteiger partial charge in [0, 0.05) is 22.3 Å². The number of fused-ring (bicyclic) bond motifs is 1. The summed E-state index contributed by atoms with van der Waals surface area (Å²) in [5.74, 6) is 0.125. The minimum Gasteiger partial charge on any atom is -0.444 e. The summed E-state index contributed by atoms with van der Waals surface area (Å²) < 4.78 is 69.7. The minimum atomic E-state index is -4.47. The Balaban J connectivity index is 0.000000212. The van der Waals surface area contributed by atoms with E-state index in [9.17, 15) is 21.6 Å². The highest BCUT2D eigenvalue weighted by Gasteiger charge is 2.33. The molecular formula is C23H23ClN4O8S2. The third-order valence-corrected chi connectivity index (χ3v) is 6.99. The highest BCUT2D eigenvalue weighted by Crippen LogP contribution is 2.28. The van der Waals surface area contributed by atoms with Crippen LogP contribution in [-0.4, -0.2) is 51.5 Å². The Kier molecular flexibility index (Phi) is 8.53. The molecule has 1 atom stereocenters. The van der Waals surface area contributed by atoms with E-state index in [-0.39, 0.29) is 22.4 Å². The molecule has 4 rings (SSSR count). The first kappa shape index (κ1) is 29.1. The van der Waals surface area contributed by atoms with Crippen LogP contribution in [0.15, 0.2) is 77.0 Å². The second-order valence-electron chi connectivity index (χ2n) is 8.82. The van der Waals surface area contributed by atoms with Gasteiger partial charge in [-0.3, -0.25) is 13.9 Å². The number of nitrogens with zero attached hydrogens (tertiary/aromatic N) is 4. The van der Waals surface area contributed by atoms with E-state index in [1.54, 1.807) is 18.2 Å². The summed E-state index contributed by atoms with van der Waals surface area (Å²) in [5.41, 5.74) is -0.588. The van der Waals surface area contributed by atoms with Gasteiger partial charge in [-0.1, -0.05) is 62.7 Å². The fraction of sp³-hybridized carbons (Fsp3) is 0.217. The van der Waals surface area contributed by atoms with Gasteiger partial charge in [0.25, 0.3) is 26.5 Å². The molecule has 0 bridgehead atoms. The molecule has 2 aromatic heterocycles. The Morgan fingerprint density at radius 2 is 1.45 bits per heavy atom. The van der Waals surface area contributed by atoms with Crippen molar-refractivity contribution in [3.8, 4) is 5.88 Å². The number of benzene rings is 2. The van der Waals surface area contributed by atoms with Gasteiger partial charge in [0.15, 0.2) is 0 Å².